The molecule has 2 aromatic rings. The van der Waals surface area contributed by atoms with Gasteiger partial charge in [0, 0.05) is 29.7 Å². The summed E-state index contributed by atoms with van der Waals surface area (Å²) in [5, 5.41) is 5.25. The van der Waals surface area contributed by atoms with Gasteiger partial charge < -0.3 is 10.2 Å². The van der Waals surface area contributed by atoms with E-state index in [1.807, 2.05) is 24.4 Å². The molecule has 0 radical (unpaired) electrons. The number of aromatic nitrogens is 1. The van der Waals surface area contributed by atoms with Crippen LogP contribution >= 0.6 is 11.6 Å². The second-order valence-corrected chi connectivity index (χ2v) is 6.40. The molecule has 0 aliphatic carbocycles. The summed E-state index contributed by atoms with van der Waals surface area (Å²) < 4.78 is 0. The molecule has 1 aliphatic heterocycles. The first-order valence-electron chi connectivity index (χ1n) is 7.65. The number of pyridine rings is 1. The van der Waals surface area contributed by atoms with E-state index in [0.717, 1.165) is 48.0 Å². The van der Waals surface area contributed by atoms with Crippen molar-refractivity contribution in [1.82, 2.24) is 15.2 Å². The van der Waals surface area contributed by atoms with Crippen LogP contribution < -0.4 is 5.32 Å². The van der Waals surface area contributed by atoms with Crippen LogP contribution in [-0.4, -0.2) is 36.6 Å². The van der Waals surface area contributed by atoms with Crippen LogP contribution in [0.4, 0.5) is 0 Å². The quantitative estimate of drug-likeness (QED) is 0.939. The Morgan fingerprint density at radius 1 is 1.29 bits per heavy atom. The molecule has 0 bridgehead atoms. The van der Waals surface area contributed by atoms with E-state index in [4.69, 9.17) is 11.6 Å². The average Bonchev–Trinajstić information content (AvgIpc) is 2.51. The third kappa shape index (κ3) is 3.54. The molecule has 1 aliphatic rings. The van der Waals surface area contributed by atoms with E-state index < -0.39 is 0 Å². The Balaban J connectivity index is 1.73. The Morgan fingerprint density at radius 2 is 2.10 bits per heavy atom. The zero-order valence-corrected chi connectivity index (χ0v) is 13.2. The van der Waals surface area contributed by atoms with Crippen LogP contribution in [0.5, 0.6) is 0 Å². The lowest BCUT2D eigenvalue weighted by molar-refractivity contribution is 0.235. The van der Waals surface area contributed by atoms with E-state index in [1.165, 1.54) is 18.4 Å². The maximum Gasteiger partial charge on any atom is 0.0761 e. The van der Waals surface area contributed by atoms with Crippen molar-refractivity contribution in [1.29, 1.82) is 0 Å². The summed E-state index contributed by atoms with van der Waals surface area (Å²) in [6.07, 6.45) is 4.41. The number of benzene rings is 1. The fourth-order valence-corrected chi connectivity index (χ4v) is 3.40. The molecule has 21 heavy (non-hydrogen) atoms. The van der Waals surface area contributed by atoms with Gasteiger partial charge in [-0.15, -0.1) is 0 Å². The summed E-state index contributed by atoms with van der Waals surface area (Å²) in [5.74, 6) is 0.808. The van der Waals surface area contributed by atoms with E-state index in [-0.39, 0.29) is 0 Å². The van der Waals surface area contributed by atoms with Gasteiger partial charge in [0.25, 0.3) is 0 Å². The van der Waals surface area contributed by atoms with Crippen molar-refractivity contribution in [3.05, 3.63) is 41.0 Å². The Morgan fingerprint density at radius 3 is 2.90 bits per heavy atom. The minimum atomic E-state index is 0.780. The lowest BCUT2D eigenvalue weighted by Crippen LogP contribution is -2.34. The summed E-state index contributed by atoms with van der Waals surface area (Å²) in [7, 11) is 2.20. The first kappa shape index (κ1) is 14.8. The van der Waals surface area contributed by atoms with Gasteiger partial charge in [-0.2, -0.15) is 0 Å². The molecule has 3 nitrogen and oxygen atoms in total. The molecule has 0 saturated carbocycles. The van der Waals surface area contributed by atoms with E-state index in [2.05, 4.69) is 28.3 Å². The minimum absolute atomic E-state index is 0.780. The SMILES string of the molecule is CN(Cc1ccc(Cl)c2cccnc12)CC1CCNCC1. The third-order valence-electron chi connectivity index (χ3n) is 4.27. The molecule has 1 fully saturated rings. The lowest BCUT2D eigenvalue weighted by Gasteiger charge is -2.27. The van der Waals surface area contributed by atoms with Gasteiger partial charge in [-0.25, -0.2) is 0 Å². The zero-order chi connectivity index (χ0) is 14.7. The molecule has 2 heterocycles. The highest BCUT2D eigenvalue weighted by atomic mass is 35.5. The predicted molar refractivity (Wildman–Crippen MR) is 88.7 cm³/mol. The van der Waals surface area contributed by atoms with Gasteiger partial charge in [0.15, 0.2) is 0 Å². The summed E-state index contributed by atoms with van der Waals surface area (Å²) in [5.41, 5.74) is 2.29. The van der Waals surface area contributed by atoms with Crippen molar-refractivity contribution in [2.24, 2.45) is 5.92 Å². The molecule has 0 spiro atoms. The van der Waals surface area contributed by atoms with Crippen molar-refractivity contribution in [3.8, 4) is 0 Å². The van der Waals surface area contributed by atoms with Gasteiger partial charge in [0.05, 0.1) is 5.52 Å². The number of rotatable bonds is 4. The standard InChI is InChI=1S/C17H22ClN3/c1-21(11-13-6-9-19-10-7-13)12-14-4-5-16(18)15-3-2-8-20-17(14)15/h2-5,8,13,19H,6-7,9-12H2,1H3. The topological polar surface area (TPSA) is 28.2 Å². The molecule has 0 atom stereocenters. The Labute approximate surface area is 131 Å². The molecule has 3 rings (SSSR count). The molecular formula is C17H22ClN3. The number of halogens is 1. The number of fused-ring (bicyclic) bond motifs is 1. The zero-order valence-electron chi connectivity index (χ0n) is 12.5. The van der Waals surface area contributed by atoms with Crippen LogP contribution in [0.25, 0.3) is 10.9 Å². The minimum Gasteiger partial charge on any atom is -0.317 e. The van der Waals surface area contributed by atoms with Crippen LogP contribution in [0.3, 0.4) is 0 Å². The first-order valence-corrected chi connectivity index (χ1v) is 8.03. The molecule has 112 valence electrons. The van der Waals surface area contributed by atoms with Crippen LogP contribution in [0.15, 0.2) is 30.5 Å². The maximum atomic E-state index is 6.26. The monoisotopic (exact) mass is 303 g/mol. The largest absolute Gasteiger partial charge is 0.317 e. The van der Waals surface area contributed by atoms with Crippen molar-refractivity contribution in [2.45, 2.75) is 19.4 Å². The van der Waals surface area contributed by atoms with E-state index >= 15 is 0 Å². The van der Waals surface area contributed by atoms with Gasteiger partial charge in [-0.1, -0.05) is 17.7 Å². The lowest BCUT2D eigenvalue weighted by atomic mass is 9.97. The van der Waals surface area contributed by atoms with Gasteiger partial charge in [0.2, 0.25) is 0 Å². The van der Waals surface area contributed by atoms with Crippen molar-refractivity contribution >= 4 is 22.5 Å². The van der Waals surface area contributed by atoms with Crippen molar-refractivity contribution in [2.75, 3.05) is 26.7 Å². The summed E-state index contributed by atoms with van der Waals surface area (Å²) in [4.78, 5) is 6.93. The van der Waals surface area contributed by atoms with E-state index in [0.29, 0.717) is 0 Å². The van der Waals surface area contributed by atoms with E-state index in [1.54, 1.807) is 0 Å². The molecular weight excluding hydrogens is 282 g/mol. The van der Waals surface area contributed by atoms with Gasteiger partial charge >= 0.3 is 0 Å². The van der Waals surface area contributed by atoms with Crippen LogP contribution in [0.2, 0.25) is 5.02 Å². The van der Waals surface area contributed by atoms with Gasteiger partial charge in [-0.3, -0.25) is 4.98 Å². The predicted octanol–water partition coefficient (Wildman–Crippen LogP) is 3.32. The highest BCUT2D eigenvalue weighted by Gasteiger charge is 2.16. The molecule has 1 saturated heterocycles. The second kappa shape index (κ2) is 6.73. The molecule has 0 amide bonds. The molecule has 1 N–H and O–H groups in total. The fraction of sp³-hybridized carbons (Fsp3) is 0.471. The number of nitrogens with zero attached hydrogens (tertiary/aromatic N) is 2. The average molecular weight is 304 g/mol. The molecule has 1 aromatic carbocycles. The highest BCUT2D eigenvalue weighted by Crippen LogP contribution is 2.25. The van der Waals surface area contributed by atoms with Crippen LogP contribution in [0.1, 0.15) is 18.4 Å². The Kier molecular flexibility index (Phi) is 4.73. The Bertz CT molecular complexity index is 608. The summed E-state index contributed by atoms with van der Waals surface area (Å²) >= 11 is 6.26. The van der Waals surface area contributed by atoms with E-state index in [9.17, 15) is 0 Å². The second-order valence-electron chi connectivity index (χ2n) is 6.00. The number of hydrogen-bond donors (Lipinski definition) is 1. The fourth-order valence-electron chi connectivity index (χ4n) is 3.18. The Hall–Kier alpha value is -1.16. The summed E-state index contributed by atoms with van der Waals surface area (Å²) in [6.45, 7) is 4.39. The number of hydrogen-bond acceptors (Lipinski definition) is 3. The molecule has 1 aromatic heterocycles. The van der Waals surface area contributed by atoms with Crippen molar-refractivity contribution < 1.29 is 0 Å². The maximum absolute atomic E-state index is 6.26. The molecule has 0 unspecified atom stereocenters. The molecule has 4 heteroatoms. The summed E-state index contributed by atoms with van der Waals surface area (Å²) in [6, 6.07) is 8.08. The van der Waals surface area contributed by atoms with Crippen LogP contribution in [0, 0.1) is 5.92 Å². The van der Waals surface area contributed by atoms with Gasteiger partial charge in [-0.05, 0) is 62.7 Å². The third-order valence-corrected chi connectivity index (χ3v) is 4.60. The van der Waals surface area contributed by atoms with Crippen molar-refractivity contribution in [3.63, 3.8) is 0 Å². The van der Waals surface area contributed by atoms with Crippen LogP contribution in [-0.2, 0) is 6.54 Å². The number of piperidine rings is 1. The highest BCUT2D eigenvalue weighted by molar-refractivity contribution is 6.35. The number of nitrogens with one attached hydrogen (secondary N) is 1. The smallest absolute Gasteiger partial charge is 0.0761 e. The normalized spacial score (nSPS) is 16.7. The first-order chi connectivity index (χ1) is 10.2. The van der Waals surface area contributed by atoms with Gasteiger partial charge in [0.1, 0.15) is 0 Å².